The van der Waals surface area contributed by atoms with Crippen LogP contribution in [0.2, 0.25) is 5.02 Å². The molecule has 5 nitrogen and oxygen atoms in total. The van der Waals surface area contributed by atoms with Gasteiger partial charge < -0.3 is 10.5 Å². The quantitative estimate of drug-likeness (QED) is 0.755. The van der Waals surface area contributed by atoms with E-state index >= 15 is 0 Å². The largest absolute Gasteiger partial charge is 0.471 e. The summed E-state index contributed by atoms with van der Waals surface area (Å²) in [5.74, 6) is -0.0211. The molecule has 0 aliphatic rings. The molecule has 0 aliphatic carbocycles. The summed E-state index contributed by atoms with van der Waals surface area (Å²) in [7, 11) is 0. The first-order chi connectivity index (χ1) is 12.1. The van der Waals surface area contributed by atoms with Crippen LogP contribution in [-0.4, -0.2) is 9.78 Å². The lowest BCUT2D eigenvalue weighted by molar-refractivity contribution is 0.289. The van der Waals surface area contributed by atoms with Crippen molar-refractivity contribution >= 4 is 17.4 Å². The van der Waals surface area contributed by atoms with Crippen LogP contribution in [0.5, 0.6) is 5.88 Å². The van der Waals surface area contributed by atoms with Gasteiger partial charge in [0.15, 0.2) is 5.56 Å². The van der Waals surface area contributed by atoms with Crippen molar-refractivity contribution in [2.45, 2.75) is 13.2 Å². The lowest BCUT2D eigenvalue weighted by Gasteiger charge is -2.04. The van der Waals surface area contributed by atoms with E-state index in [1.807, 2.05) is 18.2 Å². The number of nitrogens with zero attached hydrogens (tertiary/aromatic N) is 3. The molecule has 25 heavy (non-hydrogen) atoms. The Kier molecular flexibility index (Phi) is 4.87. The number of hydrogen-bond donors (Lipinski definition) is 1. The predicted molar refractivity (Wildman–Crippen MR) is 92.6 cm³/mol. The van der Waals surface area contributed by atoms with Crippen LogP contribution < -0.4 is 10.5 Å². The van der Waals surface area contributed by atoms with Gasteiger partial charge in [-0.25, -0.2) is 9.07 Å². The molecule has 0 saturated heterocycles. The van der Waals surface area contributed by atoms with E-state index in [1.54, 1.807) is 24.3 Å². The summed E-state index contributed by atoms with van der Waals surface area (Å²) >= 11 is 5.85. The van der Waals surface area contributed by atoms with E-state index in [4.69, 9.17) is 22.1 Å². The highest BCUT2D eigenvalue weighted by molar-refractivity contribution is 6.30. The van der Waals surface area contributed by atoms with Gasteiger partial charge in [0.25, 0.3) is 5.88 Å². The van der Waals surface area contributed by atoms with Gasteiger partial charge in [-0.1, -0.05) is 35.9 Å². The van der Waals surface area contributed by atoms with Crippen LogP contribution in [0.4, 0.5) is 10.2 Å². The fraction of sp³-hybridized carbons (Fsp3) is 0.111. The smallest absolute Gasteiger partial charge is 0.253 e. The highest BCUT2D eigenvalue weighted by Gasteiger charge is 2.17. The lowest BCUT2D eigenvalue weighted by atomic mass is 10.2. The predicted octanol–water partition coefficient (Wildman–Crippen LogP) is 3.76. The molecule has 2 aromatic carbocycles. The maximum atomic E-state index is 13.3. The van der Waals surface area contributed by atoms with Gasteiger partial charge in [-0.2, -0.15) is 5.26 Å². The lowest BCUT2D eigenvalue weighted by Crippen LogP contribution is -2.06. The molecule has 0 spiro atoms. The molecule has 0 saturated carbocycles. The molecule has 0 amide bonds. The van der Waals surface area contributed by atoms with Gasteiger partial charge in [0.05, 0.1) is 6.54 Å². The molecular weight excluding hydrogens is 343 g/mol. The SMILES string of the molecule is N#Cc1c(OCc2ccc(Cl)cc2)nn(Cc2cccc(F)c2)c1N. The fourth-order valence-electron chi connectivity index (χ4n) is 2.32. The molecular formula is C18H14ClFN4O. The number of benzene rings is 2. The van der Waals surface area contributed by atoms with E-state index < -0.39 is 0 Å². The first-order valence-electron chi connectivity index (χ1n) is 7.45. The molecule has 3 aromatic rings. The Morgan fingerprint density at radius 2 is 1.96 bits per heavy atom. The number of aromatic nitrogens is 2. The number of nitriles is 1. The van der Waals surface area contributed by atoms with Crippen molar-refractivity contribution in [3.63, 3.8) is 0 Å². The number of anilines is 1. The van der Waals surface area contributed by atoms with E-state index in [0.29, 0.717) is 10.6 Å². The van der Waals surface area contributed by atoms with Gasteiger partial charge in [-0.3, -0.25) is 0 Å². The minimum atomic E-state index is -0.344. The van der Waals surface area contributed by atoms with Gasteiger partial charge in [0, 0.05) is 5.02 Å². The second kappa shape index (κ2) is 7.24. The van der Waals surface area contributed by atoms with E-state index in [1.165, 1.54) is 16.8 Å². The van der Waals surface area contributed by atoms with Crippen LogP contribution in [0, 0.1) is 17.1 Å². The van der Waals surface area contributed by atoms with E-state index in [0.717, 1.165) is 5.56 Å². The maximum Gasteiger partial charge on any atom is 0.253 e. The molecule has 0 aliphatic heterocycles. The monoisotopic (exact) mass is 356 g/mol. The number of nitrogen functional groups attached to an aromatic ring is 1. The van der Waals surface area contributed by atoms with Gasteiger partial charge >= 0.3 is 0 Å². The Hall–Kier alpha value is -3.04. The average Bonchev–Trinajstić information content (AvgIpc) is 2.89. The summed E-state index contributed by atoms with van der Waals surface area (Å²) < 4.78 is 20.4. The number of nitrogens with two attached hydrogens (primary N) is 1. The third-order valence-electron chi connectivity index (χ3n) is 3.58. The van der Waals surface area contributed by atoms with Crippen molar-refractivity contribution in [1.82, 2.24) is 9.78 Å². The summed E-state index contributed by atoms with van der Waals surface area (Å²) in [6, 6.07) is 15.3. The molecule has 3 rings (SSSR count). The Bertz CT molecular complexity index is 931. The normalized spacial score (nSPS) is 10.4. The minimum absolute atomic E-state index is 0.145. The second-order valence-corrected chi connectivity index (χ2v) is 5.82. The molecule has 0 radical (unpaired) electrons. The standard InChI is InChI=1S/C18H14ClFN4O/c19-14-6-4-12(5-7-14)11-25-18-16(9-21)17(22)24(23-18)10-13-2-1-3-15(20)8-13/h1-8H,10-11,22H2. The van der Waals surface area contributed by atoms with Crippen molar-refractivity contribution in [2.75, 3.05) is 5.73 Å². The molecule has 0 unspecified atom stereocenters. The highest BCUT2D eigenvalue weighted by atomic mass is 35.5. The summed E-state index contributed by atoms with van der Waals surface area (Å²) in [6.07, 6.45) is 0. The Balaban J connectivity index is 1.80. The van der Waals surface area contributed by atoms with Crippen molar-refractivity contribution in [2.24, 2.45) is 0 Å². The zero-order chi connectivity index (χ0) is 17.8. The van der Waals surface area contributed by atoms with Gasteiger partial charge in [-0.05, 0) is 35.4 Å². The molecule has 7 heteroatoms. The van der Waals surface area contributed by atoms with Crippen LogP contribution in [0.15, 0.2) is 48.5 Å². The molecule has 2 N–H and O–H groups in total. The third-order valence-corrected chi connectivity index (χ3v) is 3.83. The summed E-state index contributed by atoms with van der Waals surface area (Å²) in [5, 5.41) is 14.2. The van der Waals surface area contributed by atoms with E-state index in [9.17, 15) is 9.65 Å². The first kappa shape index (κ1) is 16.8. The number of rotatable bonds is 5. The van der Waals surface area contributed by atoms with Crippen molar-refractivity contribution in [3.05, 3.63) is 76.1 Å². The van der Waals surface area contributed by atoms with Crippen LogP contribution >= 0.6 is 11.6 Å². The first-order valence-corrected chi connectivity index (χ1v) is 7.82. The van der Waals surface area contributed by atoms with Gasteiger partial charge in [0.2, 0.25) is 0 Å². The fourth-order valence-corrected chi connectivity index (χ4v) is 2.45. The molecule has 0 atom stereocenters. The number of ether oxygens (including phenoxy) is 1. The minimum Gasteiger partial charge on any atom is -0.471 e. The molecule has 126 valence electrons. The topological polar surface area (TPSA) is 76.9 Å². The zero-order valence-electron chi connectivity index (χ0n) is 13.1. The Morgan fingerprint density at radius 1 is 1.20 bits per heavy atom. The van der Waals surface area contributed by atoms with Crippen LogP contribution in [0.25, 0.3) is 0 Å². The van der Waals surface area contributed by atoms with Crippen molar-refractivity contribution in [3.8, 4) is 11.9 Å². The Morgan fingerprint density at radius 3 is 2.64 bits per heavy atom. The van der Waals surface area contributed by atoms with E-state index in [2.05, 4.69) is 5.10 Å². The molecule has 1 heterocycles. The van der Waals surface area contributed by atoms with Crippen molar-refractivity contribution in [1.29, 1.82) is 5.26 Å². The second-order valence-electron chi connectivity index (χ2n) is 5.38. The summed E-state index contributed by atoms with van der Waals surface area (Å²) in [6.45, 7) is 0.463. The van der Waals surface area contributed by atoms with Gasteiger partial charge in [-0.15, -0.1) is 5.10 Å². The van der Waals surface area contributed by atoms with E-state index in [-0.39, 0.29) is 36.2 Å². The van der Waals surface area contributed by atoms with Crippen LogP contribution in [-0.2, 0) is 13.2 Å². The zero-order valence-corrected chi connectivity index (χ0v) is 13.9. The molecule has 1 aromatic heterocycles. The summed E-state index contributed by atoms with van der Waals surface area (Å²) in [4.78, 5) is 0. The molecule has 0 bridgehead atoms. The van der Waals surface area contributed by atoms with Crippen molar-refractivity contribution < 1.29 is 9.13 Å². The number of hydrogen-bond acceptors (Lipinski definition) is 4. The van der Waals surface area contributed by atoms with Crippen LogP contribution in [0.3, 0.4) is 0 Å². The van der Waals surface area contributed by atoms with Crippen LogP contribution in [0.1, 0.15) is 16.7 Å². The average molecular weight is 357 g/mol. The highest BCUT2D eigenvalue weighted by Crippen LogP contribution is 2.25. The third kappa shape index (κ3) is 3.90. The summed E-state index contributed by atoms with van der Waals surface area (Å²) in [5.41, 5.74) is 7.70. The number of halogens is 2. The Labute approximate surface area is 149 Å². The molecule has 0 fully saturated rings. The maximum absolute atomic E-state index is 13.3. The van der Waals surface area contributed by atoms with Gasteiger partial charge in [0.1, 0.15) is 24.3 Å².